The zero-order valence-electron chi connectivity index (χ0n) is 19.5. The normalized spacial score (nSPS) is 15.5. The van der Waals surface area contributed by atoms with Crippen molar-refractivity contribution in [2.75, 3.05) is 12.0 Å². The minimum atomic E-state index is -0.167. The summed E-state index contributed by atoms with van der Waals surface area (Å²) in [6.45, 7) is 7.76. The number of rotatable bonds is 7. The molecule has 1 aliphatic carbocycles. The molecule has 32 heavy (non-hydrogen) atoms. The second-order valence-corrected chi connectivity index (χ2v) is 8.85. The quantitative estimate of drug-likeness (QED) is 0.483. The Kier molecular flexibility index (Phi) is 6.63. The molecule has 1 heterocycles. The predicted octanol–water partition coefficient (Wildman–Crippen LogP) is 5.69. The first-order chi connectivity index (χ1) is 15.5. The van der Waals surface area contributed by atoms with Gasteiger partial charge >= 0.3 is 0 Å². The number of benzene rings is 2. The van der Waals surface area contributed by atoms with Crippen LogP contribution in [0.1, 0.15) is 67.7 Å². The van der Waals surface area contributed by atoms with Crippen LogP contribution in [0.25, 0.3) is 0 Å². The van der Waals surface area contributed by atoms with E-state index in [0.717, 1.165) is 48.4 Å². The van der Waals surface area contributed by atoms with E-state index in [2.05, 4.69) is 56.2 Å². The van der Waals surface area contributed by atoms with Crippen molar-refractivity contribution in [3.05, 3.63) is 77.1 Å². The van der Waals surface area contributed by atoms with Crippen LogP contribution in [0, 0.1) is 0 Å². The van der Waals surface area contributed by atoms with Crippen molar-refractivity contribution < 1.29 is 9.53 Å². The first-order valence-corrected chi connectivity index (χ1v) is 11.6. The van der Waals surface area contributed by atoms with E-state index in [1.54, 1.807) is 7.11 Å². The van der Waals surface area contributed by atoms with Gasteiger partial charge in [-0.3, -0.25) is 9.48 Å². The monoisotopic (exact) mass is 431 g/mol. The summed E-state index contributed by atoms with van der Waals surface area (Å²) in [4.78, 5) is 15.9. The highest BCUT2D eigenvalue weighted by molar-refractivity contribution is 5.98. The molecule has 2 aromatic carbocycles. The maximum atomic E-state index is 14.0. The summed E-state index contributed by atoms with van der Waals surface area (Å²) >= 11 is 0. The highest BCUT2D eigenvalue weighted by atomic mass is 16.5. The van der Waals surface area contributed by atoms with Crippen LogP contribution in [-0.2, 0) is 24.3 Å². The van der Waals surface area contributed by atoms with Crippen LogP contribution in [0.4, 0.5) is 5.69 Å². The third-order valence-corrected chi connectivity index (χ3v) is 6.47. The lowest BCUT2D eigenvalue weighted by Gasteiger charge is -2.31. The number of carbonyl (C=O) groups excluding carboxylic acids is 1. The number of hydrogen-bond donors (Lipinski definition) is 0. The summed E-state index contributed by atoms with van der Waals surface area (Å²) in [6, 6.07) is 14.5. The Morgan fingerprint density at radius 2 is 2.00 bits per heavy atom. The van der Waals surface area contributed by atoms with Crippen molar-refractivity contribution >= 4 is 11.6 Å². The van der Waals surface area contributed by atoms with Crippen molar-refractivity contribution in [1.82, 2.24) is 9.78 Å². The van der Waals surface area contributed by atoms with Crippen LogP contribution in [0.2, 0.25) is 0 Å². The topological polar surface area (TPSA) is 47.4 Å². The molecule has 1 atom stereocenters. The smallest absolute Gasteiger partial charge is 0.234 e. The van der Waals surface area contributed by atoms with Crippen LogP contribution >= 0.6 is 0 Å². The molecule has 5 heteroatoms. The minimum Gasteiger partial charge on any atom is -0.496 e. The molecule has 0 bridgehead atoms. The molecule has 0 fully saturated rings. The molecule has 0 spiro atoms. The Hall–Kier alpha value is -3.08. The van der Waals surface area contributed by atoms with E-state index in [9.17, 15) is 4.79 Å². The number of aromatic nitrogens is 2. The third kappa shape index (κ3) is 4.43. The SMILES string of the molecule is CCn1cc(CN(C(=O)C2CCCc3c(OC)cccc32)c2ccc(C(C)C)cc2)cn1. The molecule has 1 aromatic heterocycles. The van der Waals surface area contributed by atoms with Crippen LogP contribution in [-0.4, -0.2) is 22.8 Å². The fraction of sp³-hybridized carbons (Fsp3) is 0.407. The van der Waals surface area contributed by atoms with E-state index < -0.39 is 0 Å². The molecule has 0 saturated carbocycles. The summed E-state index contributed by atoms with van der Waals surface area (Å²) in [7, 11) is 1.70. The van der Waals surface area contributed by atoms with Gasteiger partial charge in [0.25, 0.3) is 0 Å². The number of nitrogens with zero attached hydrogens (tertiary/aromatic N) is 3. The molecule has 168 valence electrons. The number of anilines is 1. The first-order valence-electron chi connectivity index (χ1n) is 11.6. The predicted molar refractivity (Wildman–Crippen MR) is 128 cm³/mol. The summed E-state index contributed by atoms with van der Waals surface area (Å²) in [5.41, 5.74) is 5.52. The lowest BCUT2D eigenvalue weighted by molar-refractivity contribution is -0.120. The van der Waals surface area contributed by atoms with Gasteiger partial charge in [-0.05, 0) is 67.0 Å². The van der Waals surface area contributed by atoms with E-state index in [4.69, 9.17) is 4.74 Å². The number of amides is 1. The molecule has 5 nitrogen and oxygen atoms in total. The number of fused-ring (bicyclic) bond motifs is 1. The molecular weight excluding hydrogens is 398 g/mol. The van der Waals surface area contributed by atoms with Gasteiger partial charge < -0.3 is 9.64 Å². The number of carbonyl (C=O) groups is 1. The van der Waals surface area contributed by atoms with E-state index in [0.29, 0.717) is 12.5 Å². The Morgan fingerprint density at radius 3 is 2.66 bits per heavy atom. The molecular formula is C27H33N3O2. The number of hydrogen-bond acceptors (Lipinski definition) is 3. The highest BCUT2D eigenvalue weighted by Crippen LogP contribution is 2.38. The summed E-state index contributed by atoms with van der Waals surface area (Å²) in [5, 5.41) is 4.41. The molecule has 0 saturated heterocycles. The van der Waals surface area contributed by atoms with Crippen molar-refractivity contribution in [3.8, 4) is 5.75 Å². The van der Waals surface area contributed by atoms with Crippen LogP contribution in [0.15, 0.2) is 54.9 Å². The van der Waals surface area contributed by atoms with E-state index in [-0.39, 0.29) is 11.8 Å². The lowest BCUT2D eigenvalue weighted by Crippen LogP contribution is -2.36. The Morgan fingerprint density at radius 1 is 1.22 bits per heavy atom. The van der Waals surface area contributed by atoms with E-state index >= 15 is 0 Å². The van der Waals surface area contributed by atoms with Crippen molar-refractivity contribution in [2.45, 2.75) is 65.0 Å². The van der Waals surface area contributed by atoms with Crippen LogP contribution in [0.3, 0.4) is 0 Å². The molecule has 0 radical (unpaired) electrons. The fourth-order valence-corrected chi connectivity index (χ4v) is 4.63. The Bertz CT molecular complexity index is 1070. The maximum absolute atomic E-state index is 14.0. The molecule has 1 unspecified atom stereocenters. The standard InChI is InChI=1S/C27H33N3O2/c1-5-29-17-20(16-28-29)18-30(22-14-12-21(13-15-22)19(2)3)27(31)25-10-6-9-24-23(25)8-7-11-26(24)32-4/h7-8,11-17,19,25H,5-6,9-10,18H2,1-4H3. The van der Waals surface area contributed by atoms with Gasteiger partial charge in [0.1, 0.15) is 5.75 Å². The summed E-state index contributed by atoms with van der Waals surface area (Å²) < 4.78 is 7.50. The largest absolute Gasteiger partial charge is 0.496 e. The summed E-state index contributed by atoms with van der Waals surface area (Å²) in [5.74, 6) is 1.31. The second kappa shape index (κ2) is 9.60. The van der Waals surface area contributed by atoms with Gasteiger partial charge in [0, 0.05) is 24.0 Å². The minimum absolute atomic E-state index is 0.140. The third-order valence-electron chi connectivity index (χ3n) is 6.47. The number of aryl methyl sites for hydroxylation is 1. The van der Waals surface area contributed by atoms with Gasteiger partial charge in [0.05, 0.1) is 25.8 Å². The Balaban J connectivity index is 1.70. The second-order valence-electron chi connectivity index (χ2n) is 8.85. The van der Waals surface area contributed by atoms with Gasteiger partial charge in [0.15, 0.2) is 0 Å². The molecule has 1 aliphatic rings. The average Bonchev–Trinajstić information content (AvgIpc) is 3.29. The van der Waals surface area contributed by atoms with Gasteiger partial charge in [0.2, 0.25) is 5.91 Å². The van der Waals surface area contributed by atoms with Gasteiger partial charge in [-0.2, -0.15) is 5.10 Å². The average molecular weight is 432 g/mol. The van der Waals surface area contributed by atoms with Crippen LogP contribution in [0.5, 0.6) is 5.75 Å². The fourth-order valence-electron chi connectivity index (χ4n) is 4.63. The molecule has 1 amide bonds. The molecule has 0 N–H and O–H groups in total. The van der Waals surface area contributed by atoms with Gasteiger partial charge in [-0.15, -0.1) is 0 Å². The number of methoxy groups -OCH3 is 1. The van der Waals surface area contributed by atoms with Crippen LogP contribution < -0.4 is 9.64 Å². The summed E-state index contributed by atoms with van der Waals surface area (Å²) in [6.07, 6.45) is 6.69. The maximum Gasteiger partial charge on any atom is 0.234 e. The van der Waals surface area contributed by atoms with Crippen molar-refractivity contribution in [2.24, 2.45) is 0 Å². The zero-order chi connectivity index (χ0) is 22.7. The van der Waals surface area contributed by atoms with Gasteiger partial charge in [-0.25, -0.2) is 0 Å². The highest BCUT2D eigenvalue weighted by Gasteiger charge is 2.32. The zero-order valence-corrected chi connectivity index (χ0v) is 19.5. The lowest BCUT2D eigenvalue weighted by atomic mass is 9.81. The molecule has 3 aromatic rings. The Labute approximate surface area is 191 Å². The molecule has 0 aliphatic heterocycles. The van der Waals surface area contributed by atoms with E-state index in [1.807, 2.05) is 34.1 Å². The van der Waals surface area contributed by atoms with E-state index in [1.165, 1.54) is 11.1 Å². The molecule has 4 rings (SSSR count). The number of ether oxygens (including phenoxy) is 1. The van der Waals surface area contributed by atoms with Gasteiger partial charge in [-0.1, -0.05) is 38.1 Å². The first kappa shape index (κ1) is 22.1. The van der Waals surface area contributed by atoms with Crippen molar-refractivity contribution in [1.29, 1.82) is 0 Å². The van der Waals surface area contributed by atoms with Crippen molar-refractivity contribution in [3.63, 3.8) is 0 Å².